The molecule has 0 bridgehead atoms. The lowest BCUT2D eigenvalue weighted by atomic mass is 9.93. The number of rotatable bonds is 5. The number of hydrogen-bond acceptors (Lipinski definition) is 4. The van der Waals surface area contributed by atoms with Crippen molar-refractivity contribution >= 4 is 27.7 Å². The van der Waals surface area contributed by atoms with Gasteiger partial charge in [0, 0.05) is 43.9 Å². The van der Waals surface area contributed by atoms with Crippen molar-refractivity contribution in [1.82, 2.24) is 15.2 Å². The molecule has 1 saturated carbocycles. The molecule has 0 radical (unpaired) electrons. The molecule has 5 nitrogen and oxygen atoms in total. The van der Waals surface area contributed by atoms with E-state index < -0.39 is 0 Å². The number of carbonyl (C=O) groups is 1. The van der Waals surface area contributed by atoms with Crippen LogP contribution in [0.1, 0.15) is 55.3 Å². The van der Waals surface area contributed by atoms with Crippen LogP contribution in [0.2, 0.25) is 0 Å². The fraction of sp³-hybridized carbons (Fsp3) is 0.700. The number of hydrogen-bond donors (Lipinski definition) is 1. The third kappa shape index (κ3) is 4.97. The van der Waals surface area contributed by atoms with E-state index >= 15 is 0 Å². The second-order valence-electron chi connectivity index (χ2n) is 7.90. The Hall–Kier alpha value is -1.14. The van der Waals surface area contributed by atoms with Gasteiger partial charge in [-0.15, -0.1) is 0 Å². The van der Waals surface area contributed by atoms with Crippen LogP contribution in [-0.2, 0) is 0 Å². The van der Waals surface area contributed by atoms with E-state index in [1.807, 2.05) is 6.07 Å². The van der Waals surface area contributed by atoms with E-state index in [1.54, 1.807) is 25.2 Å². The van der Waals surface area contributed by atoms with Gasteiger partial charge >= 0.3 is 0 Å². The van der Waals surface area contributed by atoms with Crippen molar-refractivity contribution < 1.29 is 4.79 Å². The first kappa shape index (κ1) is 19.6. The molecule has 1 amide bonds. The van der Waals surface area contributed by atoms with Crippen LogP contribution < -0.4 is 10.2 Å². The van der Waals surface area contributed by atoms with Crippen molar-refractivity contribution in [3.8, 4) is 0 Å². The molecule has 1 aliphatic heterocycles. The summed E-state index contributed by atoms with van der Waals surface area (Å²) in [6.45, 7) is 3.08. The molecule has 2 heterocycles. The number of pyridine rings is 1. The van der Waals surface area contributed by atoms with Crippen LogP contribution in [0.4, 0.5) is 5.82 Å². The number of halogens is 1. The molecule has 6 heteroatoms. The topological polar surface area (TPSA) is 48.5 Å². The standard InChI is InChI=1S/C20H31BrN4O/c1-24(2)20(26)18-12-16(21)14-23-19(18)25-10-8-15(9-11-25)13-22-17-6-4-3-5-7-17/h12,14-15,17,22H,3-11,13H2,1-2H3. The monoisotopic (exact) mass is 422 g/mol. The van der Waals surface area contributed by atoms with Crippen LogP contribution in [-0.4, -0.2) is 55.6 Å². The Bertz CT molecular complexity index is 608. The average Bonchev–Trinajstić information content (AvgIpc) is 2.67. The Morgan fingerprint density at radius 1 is 1.23 bits per heavy atom. The van der Waals surface area contributed by atoms with Crippen LogP contribution >= 0.6 is 15.9 Å². The first-order chi connectivity index (χ1) is 12.5. The summed E-state index contributed by atoms with van der Waals surface area (Å²) in [5.74, 6) is 1.57. The molecule has 0 spiro atoms. The molecular formula is C20H31BrN4O. The Labute approximate surface area is 165 Å². The van der Waals surface area contributed by atoms with Crippen molar-refractivity contribution in [2.45, 2.75) is 51.0 Å². The van der Waals surface area contributed by atoms with Gasteiger partial charge in [0.15, 0.2) is 0 Å². The molecule has 2 fully saturated rings. The van der Waals surface area contributed by atoms with E-state index in [0.29, 0.717) is 5.56 Å². The maximum Gasteiger partial charge on any atom is 0.257 e. The predicted octanol–water partition coefficient (Wildman–Crippen LogP) is 3.68. The summed E-state index contributed by atoms with van der Waals surface area (Å²) in [5, 5.41) is 3.80. The molecule has 3 rings (SSSR count). The van der Waals surface area contributed by atoms with Crippen LogP contribution in [0.15, 0.2) is 16.7 Å². The Morgan fingerprint density at radius 3 is 2.58 bits per heavy atom. The summed E-state index contributed by atoms with van der Waals surface area (Å²) in [6, 6.07) is 2.63. The normalized spacial score (nSPS) is 19.6. The van der Waals surface area contributed by atoms with Crippen LogP contribution in [0.25, 0.3) is 0 Å². The zero-order valence-corrected chi connectivity index (χ0v) is 17.6. The largest absolute Gasteiger partial charge is 0.356 e. The highest BCUT2D eigenvalue weighted by atomic mass is 79.9. The maximum atomic E-state index is 12.5. The van der Waals surface area contributed by atoms with Gasteiger partial charge in [-0.1, -0.05) is 19.3 Å². The molecule has 26 heavy (non-hydrogen) atoms. The minimum absolute atomic E-state index is 0.00916. The lowest BCUT2D eigenvalue weighted by molar-refractivity contribution is 0.0827. The summed E-state index contributed by atoms with van der Waals surface area (Å²) in [7, 11) is 3.58. The fourth-order valence-corrected chi connectivity index (χ4v) is 4.40. The smallest absolute Gasteiger partial charge is 0.257 e. The van der Waals surface area contributed by atoms with Gasteiger partial charge in [-0.3, -0.25) is 4.79 Å². The van der Waals surface area contributed by atoms with E-state index in [2.05, 4.69) is 31.1 Å². The zero-order valence-electron chi connectivity index (χ0n) is 16.0. The summed E-state index contributed by atoms with van der Waals surface area (Å²) >= 11 is 3.45. The van der Waals surface area contributed by atoms with Crippen LogP contribution in [0.3, 0.4) is 0 Å². The van der Waals surface area contributed by atoms with Crippen LogP contribution in [0.5, 0.6) is 0 Å². The molecule has 1 saturated heterocycles. The Balaban J connectivity index is 1.57. The number of nitrogens with one attached hydrogen (secondary N) is 1. The summed E-state index contributed by atoms with van der Waals surface area (Å²) in [5.41, 5.74) is 0.683. The summed E-state index contributed by atoms with van der Waals surface area (Å²) < 4.78 is 0.845. The van der Waals surface area contributed by atoms with Crippen molar-refractivity contribution in [3.63, 3.8) is 0 Å². The van der Waals surface area contributed by atoms with Gasteiger partial charge in [-0.25, -0.2) is 4.98 Å². The number of carbonyl (C=O) groups excluding carboxylic acids is 1. The number of amides is 1. The highest BCUT2D eigenvalue weighted by Crippen LogP contribution is 2.27. The second-order valence-corrected chi connectivity index (χ2v) is 8.81. The molecule has 2 aliphatic rings. The quantitative estimate of drug-likeness (QED) is 0.785. The minimum Gasteiger partial charge on any atom is -0.356 e. The molecule has 1 N–H and O–H groups in total. The van der Waals surface area contributed by atoms with E-state index in [-0.39, 0.29) is 5.91 Å². The fourth-order valence-electron chi connectivity index (χ4n) is 4.07. The summed E-state index contributed by atoms with van der Waals surface area (Å²) in [4.78, 5) is 21.0. The molecule has 1 aromatic heterocycles. The lowest BCUT2D eigenvalue weighted by Crippen LogP contribution is -2.41. The van der Waals surface area contributed by atoms with Gasteiger partial charge in [-0.05, 0) is 60.1 Å². The van der Waals surface area contributed by atoms with Crippen molar-refractivity contribution in [1.29, 1.82) is 0 Å². The van der Waals surface area contributed by atoms with Crippen molar-refractivity contribution in [2.24, 2.45) is 5.92 Å². The highest BCUT2D eigenvalue weighted by Gasteiger charge is 2.25. The molecule has 0 aromatic carbocycles. The number of aromatic nitrogens is 1. The molecule has 1 aromatic rings. The molecule has 0 unspecified atom stereocenters. The number of anilines is 1. The van der Waals surface area contributed by atoms with Gasteiger partial charge in [0.25, 0.3) is 5.91 Å². The number of piperidine rings is 1. The van der Waals surface area contributed by atoms with Crippen molar-refractivity contribution in [3.05, 3.63) is 22.3 Å². The van der Waals surface area contributed by atoms with E-state index in [0.717, 1.165) is 54.7 Å². The first-order valence-corrected chi connectivity index (χ1v) is 10.7. The zero-order chi connectivity index (χ0) is 18.5. The Kier molecular flexibility index (Phi) is 6.92. The molecular weight excluding hydrogens is 392 g/mol. The van der Waals surface area contributed by atoms with Gasteiger partial charge in [-0.2, -0.15) is 0 Å². The van der Waals surface area contributed by atoms with Gasteiger partial charge in [0.05, 0.1) is 5.56 Å². The average molecular weight is 423 g/mol. The molecule has 144 valence electrons. The van der Waals surface area contributed by atoms with E-state index in [4.69, 9.17) is 0 Å². The Morgan fingerprint density at radius 2 is 1.92 bits per heavy atom. The van der Waals surface area contributed by atoms with Crippen LogP contribution in [0, 0.1) is 5.92 Å². The third-order valence-corrected chi connectivity index (χ3v) is 6.12. The van der Waals surface area contributed by atoms with Gasteiger partial charge < -0.3 is 15.1 Å². The summed E-state index contributed by atoms with van der Waals surface area (Å²) in [6.07, 6.45) is 11.0. The molecule has 1 aliphatic carbocycles. The first-order valence-electron chi connectivity index (χ1n) is 9.90. The maximum absolute atomic E-state index is 12.5. The minimum atomic E-state index is 0.00916. The van der Waals surface area contributed by atoms with E-state index in [1.165, 1.54) is 32.1 Å². The molecule has 0 atom stereocenters. The van der Waals surface area contributed by atoms with E-state index in [9.17, 15) is 4.79 Å². The third-order valence-electron chi connectivity index (χ3n) is 5.68. The highest BCUT2D eigenvalue weighted by molar-refractivity contribution is 9.10. The SMILES string of the molecule is CN(C)C(=O)c1cc(Br)cnc1N1CCC(CNC2CCCCC2)CC1. The second kappa shape index (κ2) is 9.18. The lowest BCUT2D eigenvalue weighted by Gasteiger charge is -2.35. The van der Waals surface area contributed by atoms with Gasteiger partial charge in [0.2, 0.25) is 0 Å². The van der Waals surface area contributed by atoms with Crippen molar-refractivity contribution in [2.75, 3.05) is 38.6 Å². The number of nitrogens with zero attached hydrogens (tertiary/aromatic N) is 3. The van der Waals surface area contributed by atoms with Gasteiger partial charge in [0.1, 0.15) is 5.82 Å². The predicted molar refractivity (Wildman–Crippen MR) is 110 cm³/mol.